The Hall–Kier alpha value is -1.65. The zero-order valence-electron chi connectivity index (χ0n) is 9.02. The first kappa shape index (κ1) is 11.4. The SMILES string of the molecule is Cc1cnn(CC(C)(C)C(=O)O)c(=O)c1. The van der Waals surface area contributed by atoms with Crippen LogP contribution in [0.4, 0.5) is 0 Å². The van der Waals surface area contributed by atoms with Gasteiger partial charge in [0, 0.05) is 6.07 Å². The fraction of sp³-hybridized carbons (Fsp3) is 0.500. The Morgan fingerprint density at radius 1 is 1.60 bits per heavy atom. The van der Waals surface area contributed by atoms with Crippen LogP contribution in [0.5, 0.6) is 0 Å². The molecule has 0 saturated carbocycles. The van der Waals surface area contributed by atoms with Crippen LogP contribution in [-0.4, -0.2) is 20.9 Å². The summed E-state index contributed by atoms with van der Waals surface area (Å²) in [5.74, 6) is -0.947. The summed E-state index contributed by atoms with van der Waals surface area (Å²) in [6.07, 6.45) is 1.54. The van der Waals surface area contributed by atoms with E-state index in [2.05, 4.69) is 5.10 Å². The largest absolute Gasteiger partial charge is 0.481 e. The maximum atomic E-state index is 11.4. The van der Waals surface area contributed by atoms with Crippen molar-refractivity contribution in [1.82, 2.24) is 9.78 Å². The number of rotatable bonds is 3. The van der Waals surface area contributed by atoms with Gasteiger partial charge in [0.05, 0.1) is 18.2 Å². The van der Waals surface area contributed by atoms with Crippen LogP contribution in [-0.2, 0) is 11.3 Å². The number of carboxylic acids is 1. The minimum atomic E-state index is -0.994. The van der Waals surface area contributed by atoms with E-state index in [1.165, 1.54) is 10.7 Å². The van der Waals surface area contributed by atoms with Gasteiger partial charge < -0.3 is 5.11 Å². The molecule has 1 aromatic rings. The van der Waals surface area contributed by atoms with Crippen LogP contribution < -0.4 is 5.56 Å². The molecule has 82 valence electrons. The molecular formula is C10H14N2O3. The highest BCUT2D eigenvalue weighted by molar-refractivity contribution is 5.73. The van der Waals surface area contributed by atoms with Crippen molar-refractivity contribution in [2.75, 3.05) is 0 Å². The van der Waals surface area contributed by atoms with Crippen LogP contribution in [0.2, 0.25) is 0 Å². The molecule has 0 aliphatic carbocycles. The first-order chi connectivity index (χ1) is 6.83. The maximum Gasteiger partial charge on any atom is 0.310 e. The average Bonchev–Trinajstić information content (AvgIpc) is 2.09. The average molecular weight is 210 g/mol. The first-order valence-electron chi connectivity index (χ1n) is 4.60. The number of hydrogen-bond acceptors (Lipinski definition) is 3. The third kappa shape index (κ3) is 2.65. The van der Waals surface area contributed by atoms with Crippen molar-refractivity contribution >= 4 is 5.97 Å². The Labute approximate surface area is 87.4 Å². The first-order valence-corrected chi connectivity index (χ1v) is 4.60. The summed E-state index contributed by atoms with van der Waals surface area (Å²) < 4.78 is 1.17. The Morgan fingerprint density at radius 2 is 2.20 bits per heavy atom. The monoisotopic (exact) mass is 210 g/mol. The van der Waals surface area contributed by atoms with E-state index in [-0.39, 0.29) is 12.1 Å². The number of aromatic nitrogens is 2. The predicted molar refractivity (Wildman–Crippen MR) is 54.7 cm³/mol. The van der Waals surface area contributed by atoms with Crippen molar-refractivity contribution in [3.63, 3.8) is 0 Å². The highest BCUT2D eigenvalue weighted by Gasteiger charge is 2.28. The van der Waals surface area contributed by atoms with Gasteiger partial charge in [0.1, 0.15) is 0 Å². The van der Waals surface area contributed by atoms with E-state index in [9.17, 15) is 9.59 Å². The Morgan fingerprint density at radius 3 is 2.67 bits per heavy atom. The highest BCUT2D eigenvalue weighted by Crippen LogP contribution is 2.16. The molecule has 0 unspecified atom stereocenters. The van der Waals surface area contributed by atoms with Crippen molar-refractivity contribution in [2.45, 2.75) is 27.3 Å². The molecule has 0 aromatic carbocycles. The quantitative estimate of drug-likeness (QED) is 0.795. The number of hydrogen-bond donors (Lipinski definition) is 1. The van der Waals surface area contributed by atoms with Crippen LogP contribution in [0.3, 0.4) is 0 Å². The summed E-state index contributed by atoms with van der Waals surface area (Å²) in [4.78, 5) is 22.3. The molecule has 0 radical (unpaired) electrons. The molecular weight excluding hydrogens is 196 g/mol. The van der Waals surface area contributed by atoms with Crippen LogP contribution in [0.15, 0.2) is 17.1 Å². The van der Waals surface area contributed by atoms with Gasteiger partial charge in [-0.2, -0.15) is 5.10 Å². The lowest BCUT2D eigenvalue weighted by atomic mass is 9.94. The molecule has 0 saturated heterocycles. The summed E-state index contributed by atoms with van der Waals surface area (Å²) in [5.41, 5.74) is -0.500. The van der Waals surface area contributed by atoms with Gasteiger partial charge in [-0.25, -0.2) is 4.68 Å². The Kier molecular flexibility index (Phi) is 2.93. The minimum Gasteiger partial charge on any atom is -0.481 e. The second-order valence-corrected chi connectivity index (χ2v) is 4.22. The molecule has 0 fully saturated rings. The molecule has 0 bridgehead atoms. The van der Waals surface area contributed by atoms with E-state index < -0.39 is 11.4 Å². The Balaban J connectivity index is 3.00. The molecule has 1 rings (SSSR count). The second-order valence-electron chi connectivity index (χ2n) is 4.22. The van der Waals surface area contributed by atoms with Crippen LogP contribution in [0, 0.1) is 12.3 Å². The molecule has 0 atom stereocenters. The third-order valence-electron chi connectivity index (χ3n) is 2.13. The summed E-state index contributed by atoms with van der Waals surface area (Å²) in [6.45, 7) is 4.95. The van der Waals surface area contributed by atoms with Gasteiger partial charge in [-0.3, -0.25) is 9.59 Å². The molecule has 5 heteroatoms. The van der Waals surface area contributed by atoms with Gasteiger partial charge in [-0.1, -0.05) is 0 Å². The van der Waals surface area contributed by atoms with E-state index in [4.69, 9.17) is 5.11 Å². The van der Waals surface area contributed by atoms with Crippen LogP contribution >= 0.6 is 0 Å². The highest BCUT2D eigenvalue weighted by atomic mass is 16.4. The molecule has 1 N–H and O–H groups in total. The molecule has 15 heavy (non-hydrogen) atoms. The smallest absolute Gasteiger partial charge is 0.310 e. The number of aliphatic carboxylic acids is 1. The molecule has 1 aromatic heterocycles. The van der Waals surface area contributed by atoms with E-state index >= 15 is 0 Å². The summed E-state index contributed by atoms with van der Waals surface area (Å²) in [5, 5.41) is 12.8. The summed E-state index contributed by atoms with van der Waals surface area (Å²) in [7, 11) is 0. The number of carboxylic acid groups (broad SMARTS) is 1. The lowest BCUT2D eigenvalue weighted by Crippen LogP contribution is -2.35. The maximum absolute atomic E-state index is 11.4. The van der Waals surface area contributed by atoms with Gasteiger partial charge >= 0.3 is 5.97 Å². The molecule has 0 aliphatic rings. The van der Waals surface area contributed by atoms with Crippen molar-refractivity contribution < 1.29 is 9.90 Å². The van der Waals surface area contributed by atoms with E-state index in [1.54, 1.807) is 27.0 Å². The molecule has 0 amide bonds. The van der Waals surface area contributed by atoms with Crippen LogP contribution in [0.1, 0.15) is 19.4 Å². The van der Waals surface area contributed by atoms with Crippen molar-refractivity contribution in [1.29, 1.82) is 0 Å². The Bertz CT molecular complexity index is 435. The number of nitrogens with zero attached hydrogens (tertiary/aromatic N) is 2. The van der Waals surface area contributed by atoms with Crippen molar-refractivity contribution in [2.24, 2.45) is 5.41 Å². The van der Waals surface area contributed by atoms with Gasteiger partial charge in [-0.05, 0) is 26.3 Å². The van der Waals surface area contributed by atoms with E-state index in [0.717, 1.165) is 5.56 Å². The normalized spacial score (nSPS) is 11.4. The zero-order chi connectivity index (χ0) is 11.6. The summed E-state index contributed by atoms with van der Waals surface area (Å²) in [6, 6.07) is 1.44. The molecule has 0 aliphatic heterocycles. The third-order valence-corrected chi connectivity index (χ3v) is 2.13. The topological polar surface area (TPSA) is 72.2 Å². The second kappa shape index (κ2) is 3.84. The standard InChI is InChI=1S/C10H14N2O3/c1-7-4-8(13)12(11-5-7)6-10(2,3)9(14)15/h4-5H,6H2,1-3H3,(H,14,15). The molecule has 0 spiro atoms. The minimum absolute atomic E-state index is 0.0709. The van der Waals surface area contributed by atoms with Gasteiger partial charge in [0.25, 0.3) is 5.56 Å². The number of carbonyl (C=O) groups is 1. The molecule has 5 nitrogen and oxygen atoms in total. The lowest BCUT2D eigenvalue weighted by molar-refractivity contribution is -0.147. The van der Waals surface area contributed by atoms with Crippen LogP contribution in [0.25, 0.3) is 0 Å². The van der Waals surface area contributed by atoms with E-state index in [1.807, 2.05) is 0 Å². The fourth-order valence-electron chi connectivity index (χ4n) is 1.08. The van der Waals surface area contributed by atoms with Crippen molar-refractivity contribution in [3.8, 4) is 0 Å². The predicted octanol–water partition coefficient (Wildman–Crippen LogP) is 0.663. The summed E-state index contributed by atoms with van der Waals surface area (Å²) >= 11 is 0. The fourth-order valence-corrected chi connectivity index (χ4v) is 1.08. The van der Waals surface area contributed by atoms with Gasteiger partial charge in [0.2, 0.25) is 0 Å². The van der Waals surface area contributed by atoms with Crippen molar-refractivity contribution in [3.05, 3.63) is 28.2 Å². The number of aryl methyl sites for hydroxylation is 1. The van der Waals surface area contributed by atoms with Gasteiger partial charge in [-0.15, -0.1) is 0 Å². The zero-order valence-corrected chi connectivity index (χ0v) is 9.02. The van der Waals surface area contributed by atoms with Gasteiger partial charge in [0.15, 0.2) is 0 Å². The lowest BCUT2D eigenvalue weighted by Gasteiger charge is -2.19. The molecule has 1 heterocycles. The van der Waals surface area contributed by atoms with E-state index in [0.29, 0.717) is 0 Å².